The Balaban J connectivity index is 1.25. The van der Waals surface area contributed by atoms with Crippen molar-refractivity contribution in [1.82, 2.24) is 0 Å². The highest BCUT2D eigenvalue weighted by Gasteiger charge is 2.51. The summed E-state index contributed by atoms with van der Waals surface area (Å²) in [4.78, 5) is 0. The van der Waals surface area contributed by atoms with Gasteiger partial charge in [0.2, 0.25) is 0 Å². The normalized spacial score (nSPS) is 29.5. The average Bonchev–Trinajstić information content (AvgIpc) is 3.18. The summed E-state index contributed by atoms with van der Waals surface area (Å²) in [5.41, 5.74) is 3.98. The Hall–Kier alpha value is -3.48. The van der Waals surface area contributed by atoms with Gasteiger partial charge in [-0.3, -0.25) is 0 Å². The zero-order valence-corrected chi connectivity index (χ0v) is 29.3. The van der Waals surface area contributed by atoms with Crippen molar-refractivity contribution in [2.24, 2.45) is 11.8 Å². The summed E-state index contributed by atoms with van der Waals surface area (Å²) < 4.78 is 45.9. The lowest BCUT2D eigenvalue weighted by Crippen LogP contribution is -2.63. The molecule has 2 saturated heterocycles. The summed E-state index contributed by atoms with van der Waals surface area (Å²) in [7, 11) is 0. The van der Waals surface area contributed by atoms with E-state index in [1.54, 1.807) is 0 Å². The second-order valence-corrected chi connectivity index (χ2v) is 13.4. The summed E-state index contributed by atoms with van der Waals surface area (Å²) >= 11 is 0. The minimum atomic E-state index is -0.996. The van der Waals surface area contributed by atoms with Crippen molar-refractivity contribution in [3.05, 3.63) is 144 Å². The molecule has 0 amide bonds. The highest BCUT2D eigenvalue weighted by molar-refractivity contribution is 5.16. The van der Waals surface area contributed by atoms with Crippen LogP contribution in [-0.4, -0.2) is 72.6 Å². The van der Waals surface area contributed by atoms with E-state index < -0.39 is 43.1 Å². The zero-order valence-electron chi connectivity index (χ0n) is 29.3. The topological polar surface area (TPSA) is 105 Å². The van der Waals surface area contributed by atoms with Crippen LogP contribution in [0.4, 0.5) is 0 Å². The molecule has 2 aliphatic rings. The first-order chi connectivity index (χ1) is 25.0. The predicted molar refractivity (Wildman–Crippen MR) is 191 cm³/mol. The van der Waals surface area contributed by atoms with Crippen molar-refractivity contribution >= 4 is 0 Å². The van der Waals surface area contributed by atoms with Crippen LogP contribution in [0.3, 0.4) is 0 Å². The number of hydrogen-bond acceptors (Lipinski definition) is 9. The Morgan fingerprint density at radius 3 is 1.22 bits per heavy atom. The number of hydrogen-bond donors (Lipinski definition) is 2. The van der Waals surface area contributed by atoms with Crippen LogP contribution in [0.25, 0.3) is 0 Å². The number of ether oxygens (including phenoxy) is 7. The number of aliphatic hydroxyl groups excluding tert-OH is 2. The Morgan fingerprint density at radius 2 is 0.784 bits per heavy atom. The second kappa shape index (κ2) is 18.8. The third-order valence-corrected chi connectivity index (χ3v) is 9.81. The molecule has 9 heteroatoms. The molecular formula is C42H50O9. The zero-order chi connectivity index (χ0) is 35.4. The van der Waals surface area contributed by atoms with Gasteiger partial charge in [0, 0.05) is 5.92 Å². The van der Waals surface area contributed by atoms with E-state index in [0.29, 0.717) is 6.61 Å². The van der Waals surface area contributed by atoms with Gasteiger partial charge in [-0.1, -0.05) is 135 Å². The largest absolute Gasteiger partial charge is 0.394 e. The third kappa shape index (κ3) is 9.90. The van der Waals surface area contributed by atoms with Gasteiger partial charge in [0.05, 0.1) is 45.7 Å². The molecule has 10 atom stereocenters. The van der Waals surface area contributed by atoms with Gasteiger partial charge in [0.25, 0.3) is 0 Å². The molecule has 0 spiro atoms. The number of aliphatic hydroxyl groups is 2. The van der Waals surface area contributed by atoms with Crippen LogP contribution in [0.5, 0.6) is 0 Å². The molecule has 0 saturated carbocycles. The van der Waals surface area contributed by atoms with Gasteiger partial charge in [-0.15, -0.1) is 0 Å². The van der Waals surface area contributed by atoms with Crippen molar-refractivity contribution in [1.29, 1.82) is 0 Å². The molecule has 2 N–H and O–H groups in total. The third-order valence-electron chi connectivity index (χ3n) is 9.81. The van der Waals surface area contributed by atoms with Crippen LogP contribution < -0.4 is 0 Å². The quantitative estimate of drug-likeness (QED) is 0.145. The monoisotopic (exact) mass is 698 g/mol. The smallest absolute Gasteiger partial charge is 0.189 e. The fraction of sp³-hybridized carbons (Fsp3) is 0.429. The summed E-state index contributed by atoms with van der Waals surface area (Å²) in [5, 5.41) is 21.2. The lowest BCUT2D eigenvalue weighted by atomic mass is 9.84. The van der Waals surface area contributed by atoms with Crippen LogP contribution in [0, 0.1) is 11.8 Å². The van der Waals surface area contributed by atoms with Crippen molar-refractivity contribution in [2.75, 3.05) is 13.2 Å². The minimum absolute atomic E-state index is 0.0300. The van der Waals surface area contributed by atoms with Crippen molar-refractivity contribution in [3.8, 4) is 0 Å². The first-order valence-electron chi connectivity index (χ1n) is 17.8. The Kier molecular flexibility index (Phi) is 13.8. The maximum Gasteiger partial charge on any atom is 0.189 e. The molecule has 0 aromatic heterocycles. The summed E-state index contributed by atoms with van der Waals surface area (Å²) in [6.07, 6.45) is -5.69. The summed E-state index contributed by atoms with van der Waals surface area (Å²) in [6, 6.07) is 39.6. The molecular weight excluding hydrogens is 648 g/mol. The Bertz CT molecular complexity index is 1540. The molecule has 4 aromatic carbocycles. The highest BCUT2D eigenvalue weighted by atomic mass is 16.8. The molecule has 6 rings (SSSR count). The van der Waals surface area contributed by atoms with Gasteiger partial charge < -0.3 is 43.4 Å². The lowest BCUT2D eigenvalue weighted by molar-refractivity contribution is -0.378. The van der Waals surface area contributed by atoms with Crippen molar-refractivity contribution < 1.29 is 43.4 Å². The van der Waals surface area contributed by atoms with Crippen molar-refractivity contribution in [2.45, 2.75) is 89.5 Å². The Labute approximate surface area is 301 Å². The molecule has 2 heterocycles. The summed E-state index contributed by atoms with van der Waals surface area (Å²) in [6.45, 7) is 4.80. The standard InChI is InChI=1S/C42H50O9/c1-29-30(2)41(49-35(23-43)37(29)45-25-31-15-7-3-8-16-31)51-42-40(48-28-34-21-13-6-14-22-34)39(47-27-33-19-11-5-12-20-33)38(36(24-44)50-42)46-26-32-17-9-4-10-18-32/h3-22,29-30,35-44H,23-28H2,1-2H3/t29-,30-,35-,36-,37+,38-,39+,40-,41-,42-/m1/s1. The molecule has 51 heavy (non-hydrogen) atoms. The van der Waals surface area contributed by atoms with Gasteiger partial charge in [-0.05, 0) is 28.2 Å². The molecule has 0 radical (unpaired) electrons. The molecule has 0 aliphatic carbocycles. The van der Waals surface area contributed by atoms with E-state index in [-0.39, 0.29) is 51.0 Å². The van der Waals surface area contributed by atoms with Crippen molar-refractivity contribution in [3.63, 3.8) is 0 Å². The fourth-order valence-corrected chi connectivity index (χ4v) is 6.72. The molecule has 0 unspecified atom stereocenters. The second-order valence-electron chi connectivity index (χ2n) is 13.4. The minimum Gasteiger partial charge on any atom is -0.394 e. The molecule has 2 fully saturated rings. The number of rotatable bonds is 16. The molecule has 272 valence electrons. The first-order valence-corrected chi connectivity index (χ1v) is 17.8. The number of benzene rings is 4. The van der Waals surface area contributed by atoms with E-state index in [9.17, 15) is 10.2 Å². The fourth-order valence-electron chi connectivity index (χ4n) is 6.72. The predicted octanol–water partition coefficient (Wildman–Crippen LogP) is 6.05. The van der Waals surface area contributed by atoms with Gasteiger partial charge in [0.1, 0.15) is 30.5 Å². The molecule has 4 aromatic rings. The van der Waals surface area contributed by atoms with E-state index in [1.165, 1.54) is 0 Å². The van der Waals surface area contributed by atoms with Crippen LogP contribution in [0.15, 0.2) is 121 Å². The van der Waals surface area contributed by atoms with E-state index >= 15 is 0 Å². The van der Waals surface area contributed by atoms with Gasteiger partial charge in [-0.25, -0.2) is 0 Å². The van der Waals surface area contributed by atoms with E-state index in [4.69, 9.17) is 33.2 Å². The average molecular weight is 699 g/mol. The van der Waals surface area contributed by atoms with Crippen LogP contribution in [-0.2, 0) is 59.6 Å². The maximum atomic E-state index is 10.7. The first kappa shape index (κ1) is 37.3. The highest BCUT2D eigenvalue weighted by Crippen LogP contribution is 2.37. The molecule has 9 nitrogen and oxygen atoms in total. The van der Waals surface area contributed by atoms with Crippen LogP contribution in [0.1, 0.15) is 36.1 Å². The van der Waals surface area contributed by atoms with Crippen LogP contribution >= 0.6 is 0 Å². The maximum absolute atomic E-state index is 10.7. The Morgan fingerprint density at radius 1 is 0.431 bits per heavy atom. The SMILES string of the molecule is C[C@@H]1[C@@H](C)[C@@H](O[C@H]2O[C@H](CO)[C@@H](OCc3ccccc3)[C@H](OCc3ccccc3)[C@H]2OCc2ccccc2)O[C@H](CO)[C@H]1OCc1ccccc1. The van der Waals surface area contributed by atoms with E-state index in [2.05, 4.69) is 6.92 Å². The molecule has 0 bridgehead atoms. The van der Waals surface area contributed by atoms with Gasteiger partial charge in [0.15, 0.2) is 12.6 Å². The molecule has 2 aliphatic heterocycles. The van der Waals surface area contributed by atoms with Crippen LogP contribution in [0.2, 0.25) is 0 Å². The lowest BCUT2D eigenvalue weighted by Gasteiger charge is -2.49. The van der Waals surface area contributed by atoms with Gasteiger partial charge >= 0.3 is 0 Å². The summed E-state index contributed by atoms with van der Waals surface area (Å²) in [5.74, 6) is -0.173. The van der Waals surface area contributed by atoms with E-state index in [0.717, 1.165) is 22.3 Å². The van der Waals surface area contributed by atoms with E-state index in [1.807, 2.05) is 128 Å². The van der Waals surface area contributed by atoms with Gasteiger partial charge in [-0.2, -0.15) is 0 Å².